The average Bonchev–Trinajstić information content (AvgIpc) is 3.04. The van der Waals surface area contributed by atoms with Gasteiger partial charge in [0.25, 0.3) is 0 Å². The molecular formula is C17H13F4N3O3. The molecule has 10 heteroatoms. The van der Waals surface area contributed by atoms with Crippen LogP contribution in [0.3, 0.4) is 0 Å². The average molecular weight is 383 g/mol. The van der Waals surface area contributed by atoms with Crippen molar-refractivity contribution in [2.75, 3.05) is 20.3 Å². The van der Waals surface area contributed by atoms with Crippen LogP contribution in [0.5, 0.6) is 0 Å². The van der Waals surface area contributed by atoms with Crippen LogP contribution in [0.15, 0.2) is 36.5 Å². The van der Waals surface area contributed by atoms with Crippen LogP contribution < -0.4 is 0 Å². The summed E-state index contributed by atoms with van der Waals surface area (Å²) in [6.45, 7) is 0.0590. The first kappa shape index (κ1) is 18.8. The van der Waals surface area contributed by atoms with Gasteiger partial charge in [0, 0.05) is 12.7 Å². The summed E-state index contributed by atoms with van der Waals surface area (Å²) in [6, 6.07) is 5.57. The Morgan fingerprint density at radius 2 is 1.89 bits per heavy atom. The molecule has 0 aliphatic carbocycles. The van der Waals surface area contributed by atoms with Crippen LogP contribution in [0, 0.1) is 5.82 Å². The number of benzene rings is 1. The standard InChI is InChI=1S/C17H13F4N3O3/c1-26-6-7-27-16(25)12-9-22-24-14(17(19,20)21)8-13(23-15(12)24)10-2-4-11(18)5-3-10/h2-5,8-9H,6-7H2,1H3. The van der Waals surface area contributed by atoms with Crippen LogP contribution >= 0.6 is 0 Å². The molecule has 0 N–H and O–H groups in total. The smallest absolute Gasteiger partial charge is 0.433 e. The van der Waals surface area contributed by atoms with Gasteiger partial charge in [-0.25, -0.2) is 18.7 Å². The van der Waals surface area contributed by atoms with Crippen molar-refractivity contribution in [2.45, 2.75) is 6.18 Å². The monoisotopic (exact) mass is 383 g/mol. The zero-order valence-electron chi connectivity index (χ0n) is 14.0. The number of halogens is 4. The van der Waals surface area contributed by atoms with Crippen molar-refractivity contribution in [1.29, 1.82) is 0 Å². The fraction of sp³-hybridized carbons (Fsp3) is 0.235. The molecule has 0 bridgehead atoms. The lowest BCUT2D eigenvalue weighted by atomic mass is 10.1. The number of nitrogens with zero attached hydrogens (tertiary/aromatic N) is 3. The summed E-state index contributed by atoms with van der Waals surface area (Å²) in [6.07, 6.45) is -3.79. The first-order valence-electron chi connectivity index (χ1n) is 7.69. The normalized spacial score (nSPS) is 11.7. The zero-order chi connectivity index (χ0) is 19.6. The highest BCUT2D eigenvalue weighted by Crippen LogP contribution is 2.32. The molecule has 0 atom stereocenters. The van der Waals surface area contributed by atoms with Crippen LogP contribution in [-0.2, 0) is 15.7 Å². The number of hydrogen-bond donors (Lipinski definition) is 0. The van der Waals surface area contributed by atoms with Gasteiger partial charge in [0.2, 0.25) is 0 Å². The molecule has 142 valence electrons. The molecule has 27 heavy (non-hydrogen) atoms. The Kier molecular flexibility index (Phi) is 5.08. The lowest BCUT2D eigenvalue weighted by Crippen LogP contribution is -2.15. The number of aromatic nitrogens is 3. The van der Waals surface area contributed by atoms with E-state index in [1.165, 1.54) is 19.2 Å². The van der Waals surface area contributed by atoms with Crippen LogP contribution in [0.2, 0.25) is 0 Å². The van der Waals surface area contributed by atoms with Crippen molar-refractivity contribution in [3.63, 3.8) is 0 Å². The predicted octanol–water partition coefficient (Wildman–Crippen LogP) is 3.36. The Morgan fingerprint density at radius 3 is 2.52 bits per heavy atom. The lowest BCUT2D eigenvalue weighted by molar-refractivity contribution is -0.142. The predicted molar refractivity (Wildman–Crippen MR) is 85.5 cm³/mol. The van der Waals surface area contributed by atoms with Gasteiger partial charge in [-0.05, 0) is 30.3 Å². The summed E-state index contributed by atoms with van der Waals surface area (Å²) < 4.78 is 63.7. The first-order valence-corrected chi connectivity index (χ1v) is 7.69. The van der Waals surface area contributed by atoms with E-state index in [0.29, 0.717) is 4.52 Å². The van der Waals surface area contributed by atoms with Crippen LogP contribution in [0.25, 0.3) is 16.9 Å². The van der Waals surface area contributed by atoms with Crippen molar-refractivity contribution < 1.29 is 31.8 Å². The number of rotatable bonds is 5. The highest BCUT2D eigenvalue weighted by atomic mass is 19.4. The molecule has 1 aromatic carbocycles. The van der Waals surface area contributed by atoms with Gasteiger partial charge < -0.3 is 9.47 Å². The topological polar surface area (TPSA) is 65.7 Å². The molecule has 2 aromatic heterocycles. The second-order valence-corrected chi connectivity index (χ2v) is 5.45. The summed E-state index contributed by atoms with van der Waals surface area (Å²) in [7, 11) is 1.41. The van der Waals surface area contributed by atoms with Crippen molar-refractivity contribution in [3.8, 4) is 11.3 Å². The van der Waals surface area contributed by atoms with E-state index >= 15 is 0 Å². The number of esters is 1. The highest BCUT2D eigenvalue weighted by molar-refractivity contribution is 5.96. The van der Waals surface area contributed by atoms with Gasteiger partial charge in [-0.1, -0.05) is 0 Å². The summed E-state index contributed by atoms with van der Waals surface area (Å²) in [4.78, 5) is 16.3. The fourth-order valence-corrected chi connectivity index (χ4v) is 2.37. The zero-order valence-corrected chi connectivity index (χ0v) is 14.0. The molecule has 0 saturated heterocycles. The van der Waals surface area contributed by atoms with Crippen molar-refractivity contribution in [3.05, 3.63) is 53.6 Å². The summed E-state index contributed by atoms with van der Waals surface area (Å²) in [5, 5.41) is 3.63. The maximum Gasteiger partial charge on any atom is 0.433 e. The molecule has 0 radical (unpaired) electrons. The van der Waals surface area contributed by atoms with Gasteiger partial charge in [0.15, 0.2) is 11.3 Å². The molecule has 0 spiro atoms. The molecule has 6 nitrogen and oxygen atoms in total. The molecule has 0 unspecified atom stereocenters. The maximum absolute atomic E-state index is 13.5. The van der Waals surface area contributed by atoms with E-state index in [2.05, 4.69) is 10.1 Å². The molecule has 0 amide bonds. The molecule has 3 rings (SSSR count). The third-order valence-corrected chi connectivity index (χ3v) is 3.64. The molecule has 0 aliphatic rings. The van der Waals surface area contributed by atoms with Gasteiger partial charge in [-0.3, -0.25) is 0 Å². The van der Waals surface area contributed by atoms with Gasteiger partial charge in [-0.15, -0.1) is 0 Å². The van der Waals surface area contributed by atoms with Crippen molar-refractivity contribution in [1.82, 2.24) is 14.6 Å². The summed E-state index contributed by atoms with van der Waals surface area (Å²) in [5.41, 5.74) is -1.49. The largest absolute Gasteiger partial charge is 0.460 e. The minimum Gasteiger partial charge on any atom is -0.460 e. The Hall–Kier alpha value is -3.01. The van der Waals surface area contributed by atoms with E-state index in [0.717, 1.165) is 24.4 Å². The van der Waals surface area contributed by atoms with Crippen LogP contribution in [0.1, 0.15) is 16.1 Å². The maximum atomic E-state index is 13.5. The van der Waals surface area contributed by atoms with Crippen molar-refractivity contribution in [2.24, 2.45) is 0 Å². The van der Waals surface area contributed by atoms with Crippen molar-refractivity contribution >= 4 is 11.6 Å². The Bertz CT molecular complexity index is 968. The van der Waals surface area contributed by atoms with Crippen LogP contribution in [-0.4, -0.2) is 40.9 Å². The quantitative estimate of drug-likeness (QED) is 0.384. The minimum absolute atomic E-state index is 0.0730. The Balaban J connectivity index is 2.13. The van der Waals surface area contributed by atoms with E-state index in [4.69, 9.17) is 9.47 Å². The number of carbonyl (C=O) groups is 1. The molecule has 2 heterocycles. The number of methoxy groups -OCH3 is 1. The van der Waals surface area contributed by atoms with E-state index in [-0.39, 0.29) is 35.7 Å². The fourth-order valence-electron chi connectivity index (χ4n) is 2.37. The Morgan fingerprint density at radius 1 is 1.19 bits per heavy atom. The highest BCUT2D eigenvalue weighted by Gasteiger charge is 2.36. The number of alkyl halides is 3. The molecule has 3 aromatic rings. The second-order valence-electron chi connectivity index (χ2n) is 5.45. The number of ether oxygens (including phenoxy) is 2. The van der Waals surface area contributed by atoms with Gasteiger partial charge in [0.1, 0.15) is 18.0 Å². The molecule has 0 fully saturated rings. The second kappa shape index (κ2) is 7.31. The SMILES string of the molecule is COCCOC(=O)c1cnn2c(C(F)(F)F)cc(-c3ccc(F)cc3)nc12. The molecule has 0 aliphatic heterocycles. The first-order chi connectivity index (χ1) is 12.8. The third-order valence-electron chi connectivity index (χ3n) is 3.64. The number of fused-ring (bicyclic) bond motifs is 1. The van der Waals surface area contributed by atoms with Gasteiger partial charge in [-0.2, -0.15) is 18.3 Å². The molecule has 0 saturated carbocycles. The summed E-state index contributed by atoms with van der Waals surface area (Å²) in [5.74, 6) is -1.42. The summed E-state index contributed by atoms with van der Waals surface area (Å²) >= 11 is 0. The Labute approximate surface area is 150 Å². The minimum atomic E-state index is -4.75. The van der Waals surface area contributed by atoms with E-state index in [1.807, 2.05) is 0 Å². The van der Waals surface area contributed by atoms with E-state index in [1.54, 1.807) is 0 Å². The van der Waals surface area contributed by atoms with Gasteiger partial charge in [0.05, 0.1) is 18.5 Å². The van der Waals surface area contributed by atoms with Gasteiger partial charge >= 0.3 is 12.1 Å². The van der Waals surface area contributed by atoms with E-state index in [9.17, 15) is 22.4 Å². The van der Waals surface area contributed by atoms with E-state index < -0.39 is 23.7 Å². The third kappa shape index (κ3) is 3.90. The van der Waals surface area contributed by atoms with Crippen LogP contribution in [0.4, 0.5) is 17.6 Å². The number of hydrogen-bond acceptors (Lipinski definition) is 5. The molecular weight excluding hydrogens is 370 g/mol. The number of carbonyl (C=O) groups excluding carboxylic acids is 1. The lowest BCUT2D eigenvalue weighted by Gasteiger charge is -2.11.